The molecule has 1 aliphatic heterocycles. The van der Waals surface area contributed by atoms with E-state index < -0.39 is 12.2 Å². The molecule has 2 atom stereocenters. The number of benzene rings is 2. The van der Waals surface area contributed by atoms with Crippen molar-refractivity contribution in [3.63, 3.8) is 0 Å². The first kappa shape index (κ1) is 23.5. The van der Waals surface area contributed by atoms with E-state index in [-0.39, 0.29) is 49.6 Å². The van der Waals surface area contributed by atoms with Crippen LogP contribution in [0.2, 0.25) is 0 Å². The lowest BCUT2D eigenvalue weighted by Gasteiger charge is -2.25. The Morgan fingerprint density at radius 1 is 1.22 bits per heavy atom. The number of aromatic amines is 1. The zero-order chi connectivity index (χ0) is 22.1. The number of guanidine groups is 1. The number of hydrogen-bond donors (Lipinski definition) is 4. The van der Waals surface area contributed by atoms with Gasteiger partial charge in [-0.05, 0) is 35.7 Å². The molecule has 7 N–H and O–H groups in total. The maximum absolute atomic E-state index is 14.2. The number of halogens is 3. The van der Waals surface area contributed by atoms with Crippen LogP contribution >= 0.6 is 12.4 Å². The Balaban J connectivity index is 0.00000289. The molecule has 0 aliphatic carbocycles. The Kier molecular flexibility index (Phi) is 7.00. The van der Waals surface area contributed by atoms with Crippen LogP contribution in [0.5, 0.6) is 0 Å². The zero-order valence-corrected chi connectivity index (χ0v) is 18.0. The molecule has 10 heteroatoms. The van der Waals surface area contributed by atoms with Gasteiger partial charge in [0.25, 0.3) is 5.91 Å². The van der Waals surface area contributed by atoms with Crippen molar-refractivity contribution in [2.45, 2.75) is 25.2 Å². The van der Waals surface area contributed by atoms with E-state index in [4.69, 9.17) is 17.2 Å². The van der Waals surface area contributed by atoms with Crippen molar-refractivity contribution in [2.24, 2.45) is 22.2 Å². The van der Waals surface area contributed by atoms with Crippen molar-refractivity contribution in [2.75, 3.05) is 13.1 Å². The van der Waals surface area contributed by atoms with Crippen LogP contribution in [0.3, 0.4) is 0 Å². The number of nitrogens with two attached hydrogens (primary N) is 3. The largest absolute Gasteiger partial charge is 0.370 e. The highest BCUT2D eigenvalue weighted by molar-refractivity contribution is 6.11. The molecule has 0 spiro atoms. The lowest BCUT2D eigenvalue weighted by molar-refractivity contribution is 0.0724. The highest BCUT2D eigenvalue weighted by Crippen LogP contribution is 2.38. The van der Waals surface area contributed by atoms with E-state index >= 15 is 0 Å². The van der Waals surface area contributed by atoms with Crippen molar-refractivity contribution < 1.29 is 13.6 Å². The molecule has 2 heterocycles. The Labute approximate surface area is 190 Å². The van der Waals surface area contributed by atoms with Gasteiger partial charge in [-0.2, -0.15) is 0 Å². The van der Waals surface area contributed by atoms with E-state index in [0.717, 1.165) is 11.1 Å². The third-order valence-corrected chi connectivity index (χ3v) is 5.39. The summed E-state index contributed by atoms with van der Waals surface area (Å²) in [6, 6.07) is 11.4. The molecule has 32 heavy (non-hydrogen) atoms. The summed E-state index contributed by atoms with van der Waals surface area (Å²) < 4.78 is 28.1. The predicted octanol–water partition coefficient (Wildman–Crippen LogP) is 2.68. The van der Waals surface area contributed by atoms with Gasteiger partial charge in [-0.1, -0.05) is 24.3 Å². The summed E-state index contributed by atoms with van der Waals surface area (Å²) in [6.45, 7) is 0.288. The quantitative estimate of drug-likeness (QED) is 0.332. The predicted molar refractivity (Wildman–Crippen MR) is 124 cm³/mol. The van der Waals surface area contributed by atoms with Gasteiger partial charge < -0.3 is 27.1 Å². The summed E-state index contributed by atoms with van der Waals surface area (Å²) in [6.07, 6.45) is -1.31. The zero-order valence-electron chi connectivity index (χ0n) is 17.2. The summed E-state index contributed by atoms with van der Waals surface area (Å²) in [5, 5.41) is 0.642. The van der Waals surface area contributed by atoms with Crippen LogP contribution in [0.25, 0.3) is 22.0 Å². The molecule has 1 aliphatic rings. The topological polar surface area (TPSA) is 127 Å². The van der Waals surface area contributed by atoms with Crippen molar-refractivity contribution in [1.29, 1.82) is 0 Å². The molecular weight excluding hydrogens is 438 g/mol. The van der Waals surface area contributed by atoms with Gasteiger partial charge in [0.1, 0.15) is 17.7 Å². The van der Waals surface area contributed by atoms with Gasteiger partial charge in [-0.25, -0.2) is 8.78 Å². The first-order chi connectivity index (χ1) is 14.8. The number of nitrogens with one attached hydrogen (secondary N) is 1. The van der Waals surface area contributed by atoms with E-state index in [9.17, 15) is 13.6 Å². The Morgan fingerprint density at radius 3 is 2.72 bits per heavy atom. The highest BCUT2D eigenvalue weighted by atomic mass is 35.5. The van der Waals surface area contributed by atoms with Gasteiger partial charge in [-0.3, -0.25) is 9.79 Å². The molecule has 170 valence electrons. The Bertz CT molecular complexity index is 1160. The van der Waals surface area contributed by atoms with E-state index in [1.54, 1.807) is 11.0 Å². The van der Waals surface area contributed by atoms with Crippen LogP contribution in [-0.4, -0.2) is 47.1 Å². The number of aliphatic imine (C=N–C) groups is 1. The summed E-state index contributed by atoms with van der Waals surface area (Å²) >= 11 is 0. The fourth-order valence-corrected chi connectivity index (χ4v) is 4.05. The average Bonchev–Trinajstić information content (AvgIpc) is 3.05. The van der Waals surface area contributed by atoms with Crippen molar-refractivity contribution in [3.8, 4) is 11.1 Å². The lowest BCUT2D eigenvalue weighted by atomic mass is 9.98. The third-order valence-electron chi connectivity index (χ3n) is 5.39. The van der Waals surface area contributed by atoms with E-state index in [1.807, 2.05) is 24.3 Å². The fraction of sp³-hybridized carbons (Fsp3) is 0.273. The number of rotatable bonds is 6. The number of alkyl halides is 1. The molecule has 0 fully saturated rings. The normalized spacial score (nSPS) is 14.7. The minimum Gasteiger partial charge on any atom is -0.370 e. The van der Waals surface area contributed by atoms with Gasteiger partial charge in [0.15, 0.2) is 5.96 Å². The highest BCUT2D eigenvalue weighted by Gasteiger charge is 2.30. The number of aromatic nitrogens is 1. The molecule has 1 amide bonds. The van der Waals surface area contributed by atoms with E-state index in [1.165, 1.54) is 12.1 Å². The molecule has 3 aromatic rings. The molecule has 0 radical (unpaired) electrons. The molecule has 2 aromatic carbocycles. The fourth-order valence-electron chi connectivity index (χ4n) is 4.05. The van der Waals surface area contributed by atoms with Gasteiger partial charge in [0.05, 0.1) is 6.54 Å². The summed E-state index contributed by atoms with van der Waals surface area (Å²) in [7, 11) is 0. The first-order valence-electron chi connectivity index (χ1n) is 9.97. The summed E-state index contributed by atoms with van der Waals surface area (Å²) in [5.74, 6) is -0.826. The minimum atomic E-state index is -1.32. The SMILES string of the molecule is Cl.NC(N)=NC[C@@H](F)C[C@@H](N)CN1Cc2ccccc2-c2c([nH]c3ccc(F)cc23)C1=O. The number of amides is 1. The number of H-pyrrole nitrogens is 1. The van der Waals surface area contributed by atoms with Gasteiger partial charge >= 0.3 is 0 Å². The molecular formula is C22H25ClF2N6O. The Hall–Kier alpha value is -3.17. The molecule has 7 nitrogen and oxygen atoms in total. The number of nitrogens with zero attached hydrogens (tertiary/aromatic N) is 2. The molecule has 1 aromatic heterocycles. The number of hydrogen-bond acceptors (Lipinski definition) is 3. The van der Waals surface area contributed by atoms with Gasteiger partial charge in [0.2, 0.25) is 0 Å². The molecule has 0 bridgehead atoms. The van der Waals surface area contributed by atoms with Gasteiger partial charge in [-0.15, -0.1) is 12.4 Å². The smallest absolute Gasteiger partial charge is 0.271 e. The molecule has 0 saturated heterocycles. The molecule has 0 saturated carbocycles. The summed E-state index contributed by atoms with van der Waals surface area (Å²) in [4.78, 5) is 21.8. The van der Waals surface area contributed by atoms with Gasteiger partial charge in [0, 0.05) is 35.6 Å². The summed E-state index contributed by atoms with van der Waals surface area (Å²) in [5.41, 5.74) is 20.1. The number of carbonyl (C=O) groups excluding carboxylic acids is 1. The minimum absolute atomic E-state index is 0. The van der Waals surface area contributed by atoms with Crippen molar-refractivity contribution in [3.05, 3.63) is 59.5 Å². The third kappa shape index (κ3) is 4.68. The second-order valence-electron chi connectivity index (χ2n) is 7.77. The van der Waals surface area contributed by atoms with E-state index in [0.29, 0.717) is 28.7 Å². The number of fused-ring (bicyclic) bond motifs is 5. The van der Waals surface area contributed by atoms with Crippen LogP contribution in [0, 0.1) is 5.82 Å². The van der Waals surface area contributed by atoms with E-state index in [2.05, 4.69) is 9.98 Å². The molecule has 4 rings (SSSR count). The Morgan fingerprint density at radius 2 is 1.97 bits per heavy atom. The van der Waals surface area contributed by atoms with Crippen molar-refractivity contribution in [1.82, 2.24) is 9.88 Å². The van der Waals surface area contributed by atoms with Crippen LogP contribution in [0.4, 0.5) is 8.78 Å². The second kappa shape index (κ2) is 9.54. The maximum Gasteiger partial charge on any atom is 0.271 e. The maximum atomic E-state index is 14.2. The average molecular weight is 463 g/mol. The second-order valence-corrected chi connectivity index (χ2v) is 7.77. The number of carbonyl (C=O) groups is 1. The van der Waals surface area contributed by atoms with Crippen molar-refractivity contribution >= 4 is 35.2 Å². The van der Waals surface area contributed by atoms with Crippen LogP contribution in [0.15, 0.2) is 47.5 Å². The monoisotopic (exact) mass is 462 g/mol. The molecule has 0 unspecified atom stereocenters. The van der Waals surface area contributed by atoms with Crippen LogP contribution in [0.1, 0.15) is 22.5 Å². The lowest BCUT2D eigenvalue weighted by Crippen LogP contribution is -2.42. The van der Waals surface area contributed by atoms with Crippen LogP contribution in [-0.2, 0) is 6.54 Å². The van der Waals surface area contributed by atoms with Crippen LogP contribution < -0.4 is 17.2 Å². The standard InChI is InChI=1S/C22H24F2N6O.ClH/c23-13-5-6-18-17(8-13)19-16-4-2-1-3-12(16)10-30(21(31)20(19)29-18)11-15(25)7-14(24)9-28-22(26)27;/h1-6,8,14-15,29H,7,9-11,25H2,(H4,26,27,28);1H/t14-,15+;/m0./s1. The first-order valence-corrected chi connectivity index (χ1v) is 9.97.